The van der Waals surface area contributed by atoms with Crippen LogP contribution in [0.3, 0.4) is 0 Å². The lowest BCUT2D eigenvalue weighted by Crippen LogP contribution is -2.43. The lowest BCUT2D eigenvalue weighted by atomic mass is 10.2. The Balaban J connectivity index is 1.36. The number of hydrogen-bond acceptors (Lipinski definition) is 8. The number of morpholine rings is 1. The molecule has 0 saturated carbocycles. The summed E-state index contributed by atoms with van der Waals surface area (Å²) in [6.45, 7) is 4.00. The Hall–Kier alpha value is -4.19. The van der Waals surface area contributed by atoms with Gasteiger partial charge in [0.15, 0.2) is 23.9 Å². The van der Waals surface area contributed by atoms with Crippen LogP contribution in [0.5, 0.6) is 11.5 Å². The predicted molar refractivity (Wildman–Crippen MR) is 167 cm³/mol. The molecule has 43 heavy (non-hydrogen) atoms. The van der Waals surface area contributed by atoms with E-state index in [0.29, 0.717) is 66.5 Å². The Kier molecular flexibility index (Phi) is 8.46. The first kappa shape index (κ1) is 28.9. The number of fused-ring (bicyclic) bond motifs is 2. The molecule has 0 atom stereocenters. The van der Waals surface area contributed by atoms with Gasteiger partial charge in [0, 0.05) is 22.9 Å². The molecule has 12 heteroatoms. The van der Waals surface area contributed by atoms with Gasteiger partial charge in [-0.25, -0.2) is 4.98 Å². The van der Waals surface area contributed by atoms with Gasteiger partial charge in [-0.1, -0.05) is 39.7 Å². The summed E-state index contributed by atoms with van der Waals surface area (Å²) in [6.07, 6.45) is 1.48. The zero-order valence-corrected chi connectivity index (χ0v) is 25.4. The van der Waals surface area contributed by atoms with Crippen molar-refractivity contribution in [2.45, 2.75) is 6.92 Å². The minimum Gasteiger partial charge on any atom is -0.490 e. The maximum Gasteiger partial charge on any atom is 0.282 e. The normalized spacial score (nSPS) is 13.7. The summed E-state index contributed by atoms with van der Waals surface area (Å²) in [6, 6.07) is 17.8. The fourth-order valence-electron chi connectivity index (χ4n) is 4.74. The average Bonchev–Trinajstić information content (AvgIpc) is 3.43. The minimum absolute atomic E-state index is 0.166. The zero-order valence-electron chi connectivity index (χ0n) is 23.1. The third-order valence-electron chi connectivity index (χ3n) is 6.81. The van der Waals surface area contributed by atoms with Crippen molar-refractivity contribution in [3.05, 3.63) is 86.1 Å². The fraction of sp³-hybridized carbons (Fsp3) is 0.226. The van der Waals surface area contributed by atoms with Gasteiger partial charge in [0.05, 0.1) is 42.0 Å². The Morgan fingerprint density at radius 2 is 1.93 bits per heavy atom. The molecule has 0 aliphatic carbocycles. The van der Waals surface area contributed by atoms with Crippen LogP contribution in [0.25, 0.3) is 33.5 Å². The van der Waals surface area contributed by atoms with Crippen molar-refractivity contribution in [3.63, 3.8) is 0 Å². The van der Waals surface area contributed by atoms with Crippen molar-refractivity contribution < 1.29 is 23.4 Å². The highest BCUT2D eigenvalue weighted by Crippen LogP contribution is 2.36. The number of amides is 1. The Morgan fingerprint density at radius 3 is 2.74 bits per heavy atom. The molecular weight excluding hydrogens is 640 g/mol. The first-order valence-electron chi connectivity index (χ1n) is 13.6. The highest BCUT2D eigenvalue weighted by atomic mass is 79.9. The molecule has 3 heterocycles. The lowest BCUT2D eigenvalue weighted by Gasteiger charge is -2.27. The molecule has 10 nitrogen and oxygen atoms in total. The Labute approximate surface area is 259 Å². The minimum atomic E-state index is -0.365. The van der Waals surface area contributed by atoms with E-state index in [1.54, 1.807) is 35.2 Å². The highest BCUT2D eigenvalue weighted by molar-refractivity contribution is 9.10. The van der Waals surface area contributed by atoms with E-state index < -0.39 is 0 Å². The van der Waals surface area contributed by atoms with Crippen LogP contribution in [0.2, 0.25) is 5.02 Å². The number of benzene rings is 3. The van der Waals surface area contributed by atoms with Crippen LogP contribution in [0.4, 0.5) is 0 Å². The lowest BCUT2D eigenvalue weighted by molar-refractivity contribution is -0.137. The number of rotatable bonds is 8. The maximum atomic E-state index is 13.6. The van der Waals surface area contributed by atoms with E-state index in [4.69, 9.17) is 35.2 Å². The van der Waals surface area contributed by atoms with Crippen LogP contribution >= 0.6 is 27.5 Å². The molecular formula is C31H26BrClN4O6. The molecule has 1 saturated heterocycles. The van der Waals surface area contributed by atoms with E-state index in [1.807, 2.05) is 37.3 Å². The van der Waals surface area contributed by atoms with Gasteiger partial charge in [-0.2, -0.15) is 9.78 Å². The van der Waals surface area contributed by atoms with Gasteiger partial charge in [0.1, 0.15) is 5.58 Å². The van der Waals surface area contributed by atoms with Crippen molar-refractivity contribution >= 4 is 61.5 Å². The number of furan rings is 1. The monoisotopic (exact) mass is 664 g/mol. The number of hydrogen-bond donors (Lipinski definition) is 0. The smallest absolute Gasteiger partial charge is 0.282 e. The summed E-state index contributed by atoms with van der Waals surface area (Å²) < 4.78 is 25.1. The molecule has 5 aromatic rings. The molecule has 1 amide bonds. The van der Waals surface area contributed by atoms with Crippen LogP contribution in [0.15, 0.2) is 79.4 Å². The summed E-state index contributed by atoms with van der Waals surface area (Å²) in [5.74, 6) is 1.06. The van der Waals surface area contributed by atoms with Crippen molar-refractivity contribution in [1.29, 1.82) is 0 Å². The van der Waals surface area contributed by atoms with Crippen molar-refractivity contribution in [2.24, 2.45) is 5.10 Å². The molecule has 0 spiro atoms. The van der Waals surface area contributed by atoms with Crippen LogP contribution in [-0.4, -0.2) is 66.2 Å². The first-order chi connectivity index (χ1) is 20.9. The third-order valence-corrected chi connectivity index (χ3v) is 7.58. The first-order valence-corrected chi connectivity index (χ1v) is 14.8. The van der Waals surface area contributed by atoms with E-state index in [-0.39, 0.29) is 34.7 Å². The summed E-state index contributed by atoms with van der Waals surface area (Å²) in [5, 5.41) is 6.00. The second-order valence-electron chi connectivity index (χ2n) is 9.65. The number of aromatic nitrogens is 2. The van der Waals surface area contributed by atoms with E-state index in [9.17, 15) is 9.59 Å². The van der Waals surface area contributed by atoms with Gasteiger partial charge in [-0.05, 0) is 61.0 Å². The van der Waals surface area contributed by atoms with Crippen LogP contribution in [0.1, 0.15) is 12.5 Å². The van der Waals surface area contributed by atoms with Crippen molar-refractivity contribution in [2.75, 3.05) is 39.5 Å². The molecule has 3 aromatic carbocycles. The van der Waals surface area contributed by atoms with Crippen molar-refractivity contribution in [3.8, 4) is 23.1 Å². The number of para-hydroxylation sites is 1. The van der Waals surface area contributed by atoms with E-state index >= 15 is 0 Å². The topological polar surface area (TPSA) is 108 Å². The third kappa shape index (κ3) is 6.15. The van der Waals surface area contributed by atoms with Gasteiger partial charge in [-0.3, -0.25) is 9.59 Å². The molecule has 2 aromatic heterocycles. The molecule has 0 radical (unpaired) electrons. The molecule has 0 N–H and O–H groups in total. The van der Waals surface area contributed by atoms with Crippen LogP contribution in [0, 0.1) is 0 Å². The summed E-state index contributed by atoms with van der Waals surface area (Å²) in [5.41, 5.74) is 1.34. The molecule has 220 valence electrons. The number of carbonyl (C=O) groups excluding carboxylic acids is 1. The fourth-order valence-corrected chi connectivity index (χ4v) is 5.40. The SMILES string of the molecule is CCOc1cc(C=Nn2c(-c3cc4cc(Br)ccc4o3)nc3ccccc3c2=O)cc(Cl)c1OCC(=O)N1CCOCC1. The van der Waals surface area contributed by atoms with Gasteiger partial charge in [0.2, 0.25) is 5.82 Å². The maximum absolute atomic E-state index is 13.6. The molecule has 1 aliphatic heterocycles. The molecule has 1 fully saturated rings. The summed E-state index contributed by atoms with van der Waals surface area (Å²) in [4.78, 5) is 32.7. The van der Waals surface area contributed by atoms with E-state index in [0.717, 1.165) is 9.86 Å². The Morgan fingerprint density at radius 1 is 1.12 bits per heavy atom. The van der Waals surface area contributed by atoms with Gasteiger partial charge in [-0.15, -0.1) is 0 Å². The molecule has 1 aliphatic rings. The van der Waals surface area contributed by atoms with E-state index in [2.05, 4.69) is 21.0 Å². The molecule has 0 unspecified atom stereocenters. The predicted octanol–water partition coefficient (Wildman–Crippen LogP) is 5.74. The quantitative estimate of drug-likeness (QED) is 0.195. The number of nitrogens with zero attached hydrogens (tertiary/aromatic N) is 4. The van der Waals surface area contributed by atoms with Crippen LogP contribution in [-0.2, 0) is 9.53 Å². The van der Waals surface area contributed by atoms with Gasteiger partial charge < -0.3 is 23.5 Å². The molecule has 6 rings (SSSR count). The van der Waals surface area contributed by atoms with Crippen LogP contribution < -0.4 is 15.0 Å². The zero-order chi connectivity index (χ0) is 29.9. The number of carbonyl (C=O) groups is 1. The van der Waals surface area contributed by atoms with E-state index in [1.165, 1.54) is 10.9 Å². The summed E-state index contributed by atoms with van der Waals surface area (Å²) in [7, 11) is 0. The standard InChI is InChI=1S/C31H26BrClN4O6/c1-2-41-26-14-19(13-23(33)29(26)42-18-28(38)36-9-11-40-12-10-36)17-34-37-30(35-24-6-4-3-5-22(24)31(37)39)27-16-20-15-21(32)7-8-25(20)43-27/h3-8,13-17H,2,9-12,18H2,1H3. The molecule has 0 bridgehead atoms. The Bertz CT molecular complexity index is 1910. The largest absolute Gasteiger partial charge is 0.490 e. The van der Waals surface area contributed by atoms with Gasteiger partial charge >= 0.3 is 0 Å². The number of ether oxygens (including phenoxy) is 3. The average molecular weight is 666 g/mol. The highest BCUT2D eigenvalue weighted by Gasteiger charge is 2.20. The second-order valence-corrected chi connectivity index (χ2v) is 11.0. The van der Waals surface area contributed by atoms with Crippen molar-refractivity contribution in [1.82, 2.24) is 14.6 Å². The number of halogens is 2. The van der Waals surface area contributed by atoms with Gasteiger partial charge in [0.25, 0.3) is 11.5 Å². The summed E-state index contributed by atoms with van der Waals surface area (Å²) >= 11 is 10.1. The second kappa shape index (κ2) is 12.6.